The van der Waals surface area contributed by atoms with Crippen molar-refractivity contribution in [3.63, 3.8) is 0 Å². The van der Waals surface area contributed by atoms with Gasteiger partial charge in [-0.15, -0.1) is 0 Å². The Bertz CT molecular complexity index is 1590. The number of aryl methyl sites for hydroxylation is 2. The molecule has 1 saturated heterocycles. The van der Waals surface area contributed by atoms with Gasteiger partial charge in [0, 0.05) is 30.8 Å². The number of sulfonamides is 1. The number of carboxylic acid groups (broad SMARTS) is 1. The number of pyridine rings is 1. The fourth-order valence-electron chi connectivity index (χ4n) is 5.32. The van der Waals surface area contributed by atoms with Crippen LogP contribution in [0.5, 0.6) is 5.75 Å². The van der Waals surface area contributed by atoms with Gasteiger partial charge in [-0.1, -0.05) is 18.2 Å². The van der Waals surface area contributed by atoms with Crippen LogP contribution in [-0.4, -0.2) is 61.0 Å². The van der Waals surface area contributed by atoms with Crippen LogP contribution in [0.2, 0.25) is 0 Å². The summed E-state index contributed by atoms with van der Waals surface area (Å²) in [4.78, 5) is 30.3. The fourth-order valence-corrected chi connectivity index (χ4v) is 6.92. The average Bonchev–Trinajstić information content (AvgIpc) is 2.95. The Hall–Kier alpha value is -3.99. The van der Waals surface area contributed by atoms with Crippen molar-refractivity contribution in [1.29, 1.82) is 0 Å². The molecular formula is C30H32FN3O6S. The maximum absolute atomic E-state index is 15.6. The largest absolute Gasteiger partial charge is 0.483 e. The number of amides is 1. The molecule has 3 aromatic rings. The van der Waals surface area contributed by atoms with Crippen molar-refractivity contribution in [2.24, 2.45) is 5.92 Å². The fraction of sp³-hybridized carbons (Fsp3) is 0.367. The van der Waals surface area contributed by atoms with E-state index in [2.05, 4.69) is 4.98 Å². The minimum Gasteiger partial charge on any atom is -0.483 e. The number of carboxylic acids is 1. The number of halogens is 1. The van der Waals surface area contributed by atoms with Gasteiger partial charge in [-0.05, 0) is 75.1 Å². The third kappa shape index (κ3) is 6.04. The number of likely N-dealkylation sites (tertiary alicyclic amines) is 1. The van der Waals surface area contributed by atoms with Gasteiger partial charge in [0.05, 0.1) is 28.7 Å². The van der Waals surface area contributed by atoms with Gasteiger partial charge in [0.15, 0.2) is 11.6 Å². The van der Waals surface area contributed by atoms with Crippen molar-refractivity contribution in [1.82, 2.24) is 9.88 Å². The quantitative estimate of drug-likeness (QED) is 0.435. The summed E-state index contributed by atoms with van der Waals surface area (Å²) in [5, 5.41) is 9.21. The van der Waals surface area contributed by atoms with Crippen LogP contribution in [0.1, 0.15) is 36.9 Å². The molecular weight excluding hydrogens is 549 g/mol. The zero-order valence-corrected chi connectivity index (χ0v) is 23.7. The Kier molecular flexibility index (Phi) is 7.99. The molecule has 9 nitrogen and oxygen atoms in total. The number of carbonyl (C=O) groups is 2. The molecule has 0 spiro atoms. The van der Waals surface area contributed by atoms with E-state index in [4.69, 9.17) is 4.74 Å². The van der Waals surface area contributed by atoms with Crippen molar-refractivity contribution in [3.05, 3.63) is 71.7 Å². The summed E-state index contributed by atoms with van der Waals surface area (Å²) in [7, 11) is -4.11. The van der Waals surface area contributed by atoms with E-state index in [-0.39, 0.29) is 41.6 Å². The molecule has 3 heterocycles. The highest BCUT2D eigenvalue weighted by Gasteiger charge is 2.37. The van der Waals surface area contributed by atoms with Gasteiger partial charge < -0.3 is 14.7 Å². The van der Waals surface area contributed by atoms with Crippen molar-refractivity contribution in [2.45, 2.75) is 50.5 Å². The molecule has 0 unspecified atom stereocenters. The molecule has 5 rings (SSSR count). The lowest BCUT2D eigenvalue weighted by molar-refractivity contribution is -0.145. The number of nitrogens with zero attached hydrogens (tertiary/aromatic N) is 3. The van der Waals surface area contributed by atoms with Crippen LogP contribution in [0.4, 0.5) is 10.1 Å². The Morgan fingerprint density at radius 2 is 1.80 bits per heavy atom. The predicted octanol–water partition coefficient (Wildman–Crippen LogP) is 4.56. The lowest BCUT2D eigenvalue weighted by Gasteiger charge is -2.36. The molecule has 0 bridgehead atoms. The molecule has 41 heavy (non-hydrogen) atoms. The summed E-state index contributed by atoms with van der Waals surface area (Å²) >= 11 is 0. The molecule has 0 aliphatic carbocycles. The Labute approximate surface area is 238 Å². The summed E-state index contributed by atoms with van der Waals surface area (Å²) in [5.74, 6) is -2.40. The standard InChI is InChI=1S/C30H32FN3O6S/c1-19-5-3-7-24(15-19)41(38,39)34-18-23(9-10-28(35)33-13-11-21(12-14-33)30(36)37)40-29-25(31)16-22(17-27(29)34)26-8-4-6-20(2)32-26/h3-8,15-17,21,23H,9-14,18H2,1-2H3,(H,36,37)/t23-/m0/s1. The average molecular weight is 582 g/mol. The molecule has 2 aromatic carbocycles. The lowest BCUT2D eigenvalue weighted by Crippen LogP contribution is -2.45. The highest BCUT2D eigenvalue weighted by Crippen LogP contribution is 2.42. The van der Waals surface area contributed by atoms with Crippen LogP contribution in [0, 0.1) is 25.6 Å². The first kappa shape index (κ1) is 28.5. The minimum absolute atomic E-state index is 0.0585. The summed E-state index contributed by atoms with van der Waals surface area (Å²) in [5.41, 5.74) is 2.48. The van der Waals surface area contributed by atoms with E-state index in [1.165, 1.54) is 12.1 Å². The Balaban J connectivity index is 1.44. The van der Waals surface area contributed by atoms with Crippen molar-refractivity contribution >= 4 is 27.6 Å². The van der Waals surface area contributed by atoms with E-state index in [9.17, 15) is 23.1 Å². The van der Waals surface area contributed by atoms with E-state index in [0.717, 1.165) is 15.6 Å². The predicted molar refractivity (Wildman–Crippen MR) is 151 cm³/mol. The van der Waals surface area contributed by atoms with E-state index in [1.54, 1.807) is 48.2 Å². The third-order valence-corrected chi connectivity index (χ3v) is 9.36. The summed E-state index contributed by atoms with van der Waals surface area (Å²) < 4.78 is 50.7. The maximum Gasteiger partial charge on any atom is 0.306 e. The Morgan fingerprint density at radius 1 is 1.07 bits per heavy atom. The van der Waals surface area contributed by atoms with Crippen LogP contribution < -0.4 is 9.04 Å². The smallest absolute Gasteiger partial charge is 0.306 e. The minimum atomic E-state index is -4.11. The van der Waals surface area contributed by atoms with Gasteiger partial charge in [-0.3, -0.25) is 18.9 Å². The first-order valence-electron chi connectivity index (χ1n) is 13.6. The number of benzene rings is 2. The molecule has 1 fully saturated rings. The first-order chi connectivity index (χ1) is 19.5. The normalized spacial score (nSPS) is 17.6. The molecule has 1 N–H and O–H groups in total. The molecule has 11 heteroatoms. The second-order valence-electron chi connectivity index (χ2n) is 10.6. The number of anilines is 1. The molecule has 2 aliphatic rings. The van der Waals surface area contributed by atoms with Crippen LogP contribution in [0.15, 0.2) is 59.5 Å². The van der Waals surface area contributed by atoms with Crippen LogP contribution in [-0.2, 0) is 19.6 Å². The van der Waals surface area contributed by atoms with Crippen LogP contribution >= 0.6 is 0 Å². The molecule has 1 aromatic heterocycles. The monoisotopic (exact) mass is 581 g/mol. The van der Waals surface area contributed by atoms with E-state index >= 15 is 4.39 Å². The maximum atomic E-state index is 15.6. The molecule has 1 atom stereocenters. The number of ether oxygens (including phenoxy) is 1. The summed E-state index contributed by atoms with van der Waals surface area (Å²) in [6, 6.07) is 14.7. The van der Waals surface area contributed by atoms with E-state index in [0.29, 0.717) is 37.2 Å². The number of rotatable bonds is 7. The molecule has 2 aliphatic heterocycles. The zero-order chi connectivity index (χ0) is 29.3. The summed E-state index contributed by atoms with van der Waals surface area (Å²) in [6.45, 7) is 4.20. The lowest BCUT2D eigenvalue weighted by atomic mass is 9.97. The highest BCUT2D eigenvalue weighted by atomic mass is 32.2. The second kappa shape index (κ2) is 11.5. The third-order valence-electron chi connectivity index (χ3n) is 7.59. The summed E-state index contributed by atoms with van der Waals surface area (Å²) in [6.07, 6.45) is 0.223. The van der Waals surface area contributed by atoms with Crippen molar-refractivity contribution in [3.8, 4) is 17.0 Å². The number of carbonyl (C=O) groups excluding carboxylic acids is 1. The van der Waals surface area contributed by atoms with Crippen molar-refractivity contribution < 1.29 is 32.2 Å². The molecule has 0 radical (unpaired) electrons. The topological polar surface area (TPSA) is 117 Å². The molecule has 216 valence electrons. The SMILES string of the molecule is Cc1cccc(S(=O)(=O)N2C[C@H](CCC(=O)N3CCC(C(=O)O)CC3)Oc3c(F)cc(-c4cccc(C)n4)cc32)c1. The Morgan fingerprint density at radius 3 is 2.49 bits per heavy atom. The number of fused-ring (bicyclic) bond motifs is 1. The zero-order valence-electron chi connectivity index (χ0n) is 22.9. The van der Waals surface area contributed by atoms with Gasteiger partial charge in [-0.2, -0.15) is 0 Å². The molecule has 1 amide bonds. The van der Waals surface area contributed by atoms with Gasteiger partial charge in [0.25, 0.3) is 10.0 Å². The molecule has 0 saturated carbocycles. The van der Waals surface area contributed by atoms with Crippen LogP contribution in [0.3, 0.4) is 0 Å². The number of piperidine rings is 1. The van der Waals surface area contributed by atoms with Gasteiger partial charge in [-0.25, -0.2) is 12.8 Å². The number of aromatic nitrogens is 1. The van der Waals surface area contributed by atoms with Gasteiger partial charge in [0.2, 0.25) is 5.91 Å². The number of aliphatic carboxylic acids is 1. The van der Waals surface area contributed by atoms with E-state index in [1.807, 2.05) is 13.0 Å². The number of hydrogen-bond donors (Lipinski definition) is 1. The van der Waals surface area contributed by atoms with E-state index < -0.39 is 33.8 Å². The van der Waals surface area contributed by atoms with Crippen LogP contribution in [0.25, 0.3) is 11.3 Å². The van der Waals surface area contributed by atoms with Crippen molar-refractivity contribution in [2.75, 3.05) is 23.9 Å². The highest BCUT2D eigenvalue weighted by molar-refractivity contribution is 7.92. The first-order valence-corrected chi connectivity index (χ1v) is 15.0. The van der Waals surface area contributed by atoms with Gasteiger partial charge in [0.1, 0.15) is 6.10 Å². The van der Waals surface area contributed by atoms with Gasteiger partial charge >= 0.3 is 5.97 Å². The second-order valence-corrected chi connectivity index (χ2v) is 12.5. The number of hydrogen-bond acceptors (Lipinski definition) is 6.